The number of hydrogen-bond acceptors (Lipinski definition) is 9. The third-order valence-corrected chi connectivity index (χ3v) is 5.49. The van der Waals surface area contributed by atoms with Crippen molar-refractivity contribution in [2.75, 3.05) is 13.0 Å². The summed E-state index contributed by atoms with van der Waals surface area (Å²) in [6.45, 7) is 1.61. The molecule has 1 heterocycles. The molecule has 1 amide bonds. The number of carbonyl (C=O) groups is 2. The zero-order valence-corrected chi connectivity index (χ0v) is 17.3. The van der Waals surface area contributed by atoms with Crippen molar-refractivity contribution in [2.45, 2.75) is 24.5 Å². The fourth-order valence-corrected chi connectivity index (χ4v) is 3.60. The molecule has 31 heavy (non-hydrogen) atoms. The van der Waals surface area contributed by atoms with E-state index in [4.69, 9.17) is 14.2 Å². The van der Waals surface area contributed by atoms with Crippen LogP contribution in [-0.2, 0) is 25.9 Å². The molecule has 0 radical (unpaired) electrons. The molecule has 0 saturated heterocycles. The number of fused-ring (bicyclic) bond motifs is 1. The molecule has 2 aromatic carbocycles. The van der Waals surface area contributed by atoms with Crippen molar-refractivity contribution < 1.29 is 37.1 Å². The summed E-state index contributed by atoms with van der Waals surface area (Å²) in [7, 11) is -3.87. The maximum Gasteiger partial charge on any atom is 0.339 e. The van der Waals surface area contributed by atoms with Gasteiger partial charge >= 0.3 is 5.97 Å². The van der Waals surface area contributed by atoms with Gasteiger partial charge in [0.1, 0.15) is 4.90 Å². The Labute approximate surface area is 177 Å². The van der Waals surface area contributed by atoms with Crippen molar-refractivity contribution in [2.24, 2.45) is 0 Å². The van der Waals surface area contributed by atoms with E-state index < -0.39 is 43.3 Å². The van der Waals surface area contributed by atoms with E-state index in [0.717, 1.165) is 30.0 Å². The normalized spacial score (nSPS) is 13.4. The second-order valence-corrected chi connectivity index (χ2v) is 8.65. The van der Waals surface area contributed by atoms with Crippen LogP contribution in [0.15, 0.2) is 41.3 Å². The highest BCUT2D eigenvalue weighted by atomic mass is 32.2. The first kappa shape index (κ1) is 22.0. The Morgan fingerprint density at radius 2 is 1.90 bits per heavy atom. The lowest BCUT2D eigenvalue weighted by Gasteiger charge is -2.14. The number of esters is 1. The molecule has 0 unspecified atom stereocenters. The summed E-state index contributed by atoms with van der Waals surface area (Å²) < 4.78 is 38.9. The minimum Gasteiger partial charge on any atom is -0.454 e. The van der Waals surface area contributed by atoms with Gasteiger partial charge in [-0.3, -0.25) is 14.9 Å². The third kappa shape index (κ3) is 5.09. The molecule has 1 N–H and O–H groups in total. The van der Waals surface area contributed by atoms with Gasteiger partial charge in [-0.25, -0.2) is 13.2 Å². The van der Waals surface area contributed by atoms with Crippen LogP contribution in [0.2, 0.25) is 0 Å². The van der Waals surface area contributed by atoms with E-state index in [2.05, 4.69) is 5.32 Å². The summed E-state index contributed by atoms with van der Waals surface area (Å²) in [5.41, 5.74) is -0.269. The molecule has 0 aliphatic carbocycles. The van der Waals surface area contributed by atoms with Gasteiger partial charge in [0, 0.05) is 18.9 Å². The molecule has 3 rings (SSSR count). The first-order valence-electron chi connectivity index (χ1n) is 8.92. The average molecular weight is 450 g/mol. The standard InChI is InChI=1S/C19H18N2O9S/c1-11(18(22)20-9-12-3-5-15-16(7-12)29-10-28-15)30-19(23)13-4-6-17(31(2,26)27)14(8-13)21(24)25/h3-8,11H,9-10H2,1-2H3,(H,20,22)/t11-/m1/s1. The molecule has 2 aromatic rings. The van der Waals surface area contributed by atoms with Crippen molar-refractivity contribution >= 4 is 27.4 Å². The highest BCUT2D eigenvalue weighted by molar-refractivity contribution is 7.90. The zero-order chi connectivity index (χ0) is 22.8. The number of nitro benzene ring substituents is 1. The number of ether oxygens (including phenoxy) is 3. The predicted octanol–water partition coefficient (Wildman–Crippen LogP) is 1.59. The van der Waals surface area contributed by atoms with E-state index in [1.54, 1.807) is 18.2 Å². The van der Waals surface area contributed by atoms with Crippen LogP contribution in [0, 0.1) is 10.1 Å². The lowest BCUT2D eigenvalue weighted by atomic mass is 10.2. The van der Waals surface area contributed by atoms with Gasteiger partial charge in [-0.2, -0.15) is 0 Å². The number of benzene rings is 2. The highest BCUT2D eigenvalue weighted by Crippen LogP contribution is 2.32. The van der Waals surface area contributed by atoms with E-state index in [1.807, 2.05) is 0 Å². The van der Waals surface area contributed by atoms with E-state index in [9.17, 15) is 28.1 Å². The fourth-order valence-electron chi connectivity index (χ4n) is 2.77. The molecule has 164 valence electrons. The first-order chi connectivity index (χ1) is 14.6. The Bertz CT molecular complexity index is 1160. The van der Waals surface area contributed by atoms with Gasteiger partial charge in [0.05, 0.1) is 10.5 Å². The maximum absolute atomic E-state index is 12.3. The Kier molecular flexibility index (Phi) is 6.11. The SMILES string of the molecule is C[C@@H](OC(=O)c1ccc(S(C)(=O)=O)c([N+](=O)[O-])c1)C(=O)NCc1ccc2c(c1)OCO2. The number of hydrogen-bond donors (Lipinski definition) is 1. The Morgan fingerprint density at radius 3 is 2.58 bits per heavy atom. The van der Waals surface area contributed by atoms with E-state index in [0.29, 0.717) is 11.5 Å². The number of nitro groups is 1. The van der Waals surface area contributed by atoms with Gasteiger partial charge in [-0.05, 0) is 36.8 Å². The van der Waals surface area contributed by atoms with Crippen LogP contribution in [0.4, 0.5) is 5.69 Å². The van der Waals surface area contributed by atoms with Gasteiger partial charge in [0.25, 0.3) is 11.6 Å². The molecule has 0 aromatic heterocycles. The molecule has 1 aliphatic heterocycles. The van der Waals surface area contributed by atoms with Crippen molar-refractivity contribution in [1.29, 1.82) is 0 Å². The number of nitrogens with one attached hydrogen (secondary N) is 1. The highest BCUT2D eigenvalue weighted by Gasteiger charge is 2.26. The van der Waals surface area contributed by atoms with Crippen LogP contribution < -0.4 is 14.8 Å². The summed E-state index contributed by atoms with van der Waals surface area (Å²) in [4.78, 5) is 34.3. The molecule has 11 nitrogen and oxygen atoms in total. The summed E-state index contributed by atoms with van der Waals surface area (Å²) in [5, 5.41) is 13.8. The molecule has 0 bridgehead atoms. The Balaban J connectivity index is 1.63. The minimum atomic E-state index is -3.87. The zero-order valence-electron chi connectivity index (χ0n) is 16.5. The summed E-state index contributed by atoms with van der Waals surface area (Å²) in [6.07, 6.45) is -0.380. The molecule has 0 fully saturated rings. The van der Waals surface area contributed by atoms with Crippen molar-refractivity contribution in [3.8, 4) is 11.5 Å². The third-order valence-electron chi connectivity index (χ3n) is 4.35. The molecule has 1 aliphatic rings. The monoisotopic (exact) mass is 450 g/mol. The second kappa shape index (κ2) is 8.60. The average Bonchev–Trinajstić information content (AvgIpc) is 3.18. The minimum absolute atomic E-state index is 0.126. The van der Waals surface area contributed by atoms with Crippen molar-refractivity contribution in [3.63, 3.8) is 0 Å². The van der Waals surface area contributed by atoms with Crippen LogP contribution in [0.5, 0.6) is 11.5 Å². The smallest absolute Gasteiger partial charge is 0.339 e. The van der Waals surface area contributed by atoms with Gasteiger partial charge in [0.15, 0.2) is 27.4 Å². The summed E-state index contributed by atoms with van der Waals surface area (Å²) in [5.74, 6) is -0.430. The lowest BCUT2D eigenvalue weighted by molar-refractivity contribution is -0.387. The van der Waals surface area contributed by atoms with Crippen LogP contribution in [0.3, 0.4) is 0 Å². The number of amides is 1. The molecule has 1 atom stereocenters. The second-order valence-electron chi connectivity index (χ2n) is 6.66. The van der Waals surface area contributed by atoms with Gasteiger partial charge in [-0.1, -0.05) is 6.07 Å². The van der Waals surface area contributed by atoms with E-state index in [1.165, 1.54) is 6.92 Å². The molecular weight excluding hydrogens is 432 g/mol. The van der Waals surface area contributed by atoms with E-state index >= 15 is 0 Å². The summed E-state index contributed by atoms with van der Waals surface area (Å²) >= 11 is 0. The Hall–Kier alpha value is -3.67. The van der Waals surface area contributed by atoms with Crippen LogP contribution in [0.25, 0.3) is 0 Å². The Morgan fingerprint density at radius 1 is 1.19 bits per heavy atom. The van der Waals surface area contributed by atoms with Crippen LogP contribution in [0.1, 0.15) is 22.8 Å². The van der Waals surface area contributed by atoms with Gasteiger partial charge in [0.2, 0.25) is 6.79 Å². The van der Waals surface area contributed by atoms with Gasteiger partial charge in [-0.15, -0.1) is 0 Å². The lowest BCUT2D eigenvalue weighted by Crippen LogP contribution is -2.35. The number of sulfone groups is 1. The quantitative estimate of drug-likeness (QED) is 0.376. The molecule has 0 spiro atoms. The largest absolute Gasteiger partial charge is 0.454 e. The molecule has 12 heteroatoms. The summed E-state index contributed by atoms with van der Waals surface area (Å²) in [6, 6.07) is 8.00. The van der Waals surface area contributed by atoms with Crippen molar-refractivity contribution in [3.05, 3.63) is 57.6 Å². The number of nitrogens with zero attached hydrogens (tertiary/aromatic N) is 1. The van der Waals surface area contributed by atoms with Crippen LogP contribution in [-0.4, -0.2) is 44.4 Å². The molecule has 0 saturated carbocycles. The van der Waals surface area contributed by atoms with Crippen LogP contribution >= 0.6 is 0 Å². The van der Waals surface area contributed by atoms with E-state index in [-0.39, 0.29) is 18.9 Å². The number of rotatable bonds is 7. The van der Waals surface area contributed by atoms with Gasteiger partial charge < -0.3 is 19.5 Å². The topological polar surface area (TPSA) is 151 Å². The van der Waals surface area contributed by atoms with Crippen molar-refractivity contribution in [1.82, 2.24) is 5.32 Å². The first-order valence-corrected chi connectivity index (χ1v) is 10.8. The maximum atomic E-state index is 12.3. The molecular formula is C19H18N2O9S. The predicted molar refractivity (Wildman–Crippen MR) is 105 cm³/mol. The number of carbonyl (C=O) groups excluding carboxylic acids is 2. The fraction of sp³-hybridized carbons (Fsp3) is 0.263.